The maximum atomic E-state index is 5.71. The zero-order chi connectivity index (χ0) is 13.7. The molecule has 1 atom stereocenters. The van der Waals surface area contributed by atoms with Crippen LogP contribution in [0.25, 0.3) is 0 Å². The van der Waals surface area contributed by atoms with Gasteiger partial charge in [-0.15, -0.1) is 0 Å². The van der Waals surface area contributed by atoms with Gasteiger partial charge in [-0.1, -0.05) is 12.5 Å². The summed E-state index contributed by atoms with van der Waals surface area (Å²) in [5.41, 5.74) is 4.12. The third-order valence-electron chi connectivity index (χ3n) is 3.73. The smallest absolute Gasteiger partial charge is 0.161 e. The van der Waals surface area contributed by atoms with Gasteiger partial charge in [0, 0.05) is 6.04 Å². The van der Waals surface area contributed by atoms with Gasteiger partial charge in [0.1, 0.15) is 0 Å². The number of hydrogen-bond donors (Lipinski definition) is 2. The first-order valence-electron chi connectivity index (χ1n) is 7.15. The van der Waals surface area contributed by atoms with Crippen LogP contribution in [0.1, 0.15) is 44.7 Å². The number of nitrogens with one attached hydrogen (secondary N) is 1. The molecule has 0 amide bonds. The molecular formula is C15H24N2O2. The van der Waals surface area contributed by atoms with E-state index in [1.807, 2.05) is 19.9 Å². The molecule has 19 heavy (non-hydrogen) atoms. The highest BCUT2D eigenvalue weighted by Gasteiger charge is 2.28. The predicted molar refractivity (Wildman–Crippen MR) is 76.2 cm³/mol. The van der Waals surface area contributed by atoms with E-state index < -0.39 is 0 Å². The van der Waals surface area contributed by atoms with Gasteiger partial charge in [-0.2, -0.15) is 0 Å². The second-order valence-electron chi connectivity index (χ2n) is 4.91. The van der Waals surface area contributed by atoms with Crippen LogP contribution in [0.3, 0.4) is 0 Å². The fraction of sp³-hybridized carbons (Fsp3) is 0.600. The van der Waals surface area contributed by atoms with E-state index in [9.17, 15) is 0 Å². The molecule has 0 radical (unpaired) electrons. The second-order valence-corrected chi connectivity index (χ2v) is 4.91. The maximum absolute atomic E-state index is 5.71. The van der Waals surface area contributed by atoms with Crippen molar-refractivity contribution in [1.82, 2.24) is 5.43 Å². The molecule has 106 valence electrons. The molecule has 1 saturated carbocycles. The lowest BCUT2D eigenvalue weighted by Gasteiger charge is -2.33. The van der Waals surface area contributed by atoms with E-state index >= 15 is 0 Å². The lowest BCUT2D eigenvalue weighted by molar-refractivity contribution is 0.231. The van der Waals surface area contributed by atoms with Crippen LogP contribution in [0.5, 0.6) is 11.5 Å². The first-order chi connectivity index (χ1) is 9.30. The minimum absolute atomic E-state index is 0.212. The molecule has 2 rings (SSSR count). The summed E-state index contributed by atoms with van der Waals surface area (Å²) in [6, 6.07) is 6.32. The number of hydrazine groups is 1. The SMILES string of the molecule is CCOc1ccc(C(NN)C2CCC2)cc1OCC. The molecule has 4 heteroatoms. The molecule has 0 heterocycles. The molecule has 1 fully saturated rings. The van der Waals surface area contributed by atoms with Crippen molar-refractivity contribution in [3.63, 3.8) is 0 Å². The topological polar surface area (TPSA) is 56.5 Å². The van der Waals surface area contributed by atoms with Crippen molar-refractivity contribution in [3.8, 4) is 11.5 Å². The van der Waals surface area contributed by atoms with Crippen molar-refractivity contribution < 1.29 is 9.47 Å². The van der Waals surface area contributed by atoms with Gasteiger partial charge in [0.25, 0.3) is 0 Å². The fourth-order valence-corrected chi connectivity index (χ4v) is 2.54. The Bertz CT molecular complexity index is 405. The largest absolute Gasteiger partial charge is 0.490 e. The normalized spacial score (nSPS) is 16.8. The standard InChI is InChI=1S/C15H24N2O2/c1-3-18-13-9-8-12(10-14(13)19-4-2)15(17-16)11-6-5-7-11/h8-11,15,17H,3-7,16H2,1-2H3. The number of benzene rings is 1. The van der Waals surface area contributed by atoms with Gasteiger partial charge in [0.2, 0.25) is 0 Å². The molecule has 0 saturated heterocycles. The van der Waals surface area contributed by atoms with Crippen LogP contribution in [-0.4, -0.2) is 13.2 Å². The van der Waals surface area contributed by atoms with Crippen molar-refractivity contribution in [2.24, 2.45) is 11.8 Å². The molecule has 1 aromatic rings. The minimum Gasteiger partial charge on any atom is -0.490 e. The van der Waals surface area contributed by atoms with E-state index in [1.165, 1.54) is 24.8 Å². The molecule has 1 aliphatic carbocycles. The number of rotatable bonds is 7. The monoisotopic (exact) mass is 264 g/mol. The summed E-state index contributed by atoms with van der Waals surface area (Å²) in [5, 5.41) is 0. The zero-order valence-corrected chi connectivity index (χ0v) is 11.8. The first kappa shape index (κ1) is 14.2. The van der Waals surface area contributed by atoms with Gasteiger partial charge in [0.05, 0.1) is 13.2 Å². The summed E-state index contributed by atoms with van der Waals surface area (Å²) in [6.07, 6.45) is 3.79. The van der Waals surface area contributed by atoms with E-state index in [4.69, 9.17) is 15.3 Å². The Morgan fingerprint density at radius 1 is 1.21 bits per heavy atom. The Hall–Kier alpha value is -1.26. The molecule has 3 N–H and O–H groups in total. The van der Waals surface area contributed by atoms with Crippen molar-refractivity contribution in [2.75, 3.05) is 13.2 Å². The third kappa shape index (κ3) is 3.19. The van der Waals surface area contributed by atoms with E-state index in [1.54, 1.807) is 0 Å². The Labute approximate surface area is 115 Å². The predicted octanol–water partition coefficient (Wildman–Crippen LogP) is 2.79. The lowest BCUT2D eigenvalue weighted by atomic mass is 9.77. The molecule has 0 spiro atoms. The molecule has 0 aromatic heterocycles. The van der Waals surface area contributed by atoms with Gasteiger partial charge >= 0.3 is 0 Å². The zero-order valence-electron chi connectivity index (χ0n) is 11.8. The summed E-state index contributed by atoms with van der Waals surface area (Å²) < 4.78 is 11.2. The van der Waals surface area contributed by atoms with Gasteiger partial charge in [-0.25, -0.2) is 0 Å². The number of nitrogens with two attached hydrogens (primary N) is 1. The fourth-order valence-electron chi connectivity index (χ4n) is 2.54. The highest BCUT2D eigenvalue weighted by Crippen LogP contribution is 2.39. The first-order valence-corrected chi connectivity index (χ1v) is 7.15. The van der Waals surface area contributed by atoms with Crippen LogP contribution in [0, 0.1) is 5.92 Å². The summed E-state index contributed by atoms with van der Waals surface area (Å²) >= 11 is 0. The van der Waals surface area contributed by atoms with Crippen molar-refractivity contribution >= 4 is 0 Å². The number of hydrogen-bond acceptors (Lipinski definition) is 4. The van der Waals surface area contributed by atoms with E-state index in [-0.39, 0.29) is 6.04 Å². The molecule has 1 unspecified atom stereocenters. The average Bonchev–Trinajstić information content (AvgIpc) is 2.36. The van der Waals surface area contributed by atoms with Crippen molar-refractivity contribution in [2.45, 2.75) is 39.2 Å². The maximum Gasteiger partial charge on any atom is 0.161 e. The Morgan fingerprint density at radius 3 is 2.42 bits per heavy atom. The summed E-state index contributed by atoms with van der Waals surface area (Å²) in [6.45, 7) is 5.23. The molecule has 1 aromatic carbocycles. The second kappa shape index (κ2) is 6.78. The summed E-state index contributed by atoms with van der Waals surface area (Å²) in [7, 11) is 0. The summed E-state index contributed by atoms with van der Waals surface area (Å²) in [4.78, 5) is 0. The van der Waals surface area contributed by atoms with Crippen LogP contribution in [0.15, 0.2) is 18.2 Å². The quantitative estimate of drug-likeness (QED) is 0.587. The molecule has 1 aliphatic rings. The van der Waals surface area contributed by atoms with Gasteiger partial charge in [0.15, 0.2) is 11.5 Å². The van der Waals surface area contributed by atoms with E-state index in [2.05, 4.69) is 17.6 Å². The molecular weight excluding hydrogens is 240 g/mol. The molecule has 0 bridgehead atoms. The van der Waals surface area contributed by atoms with Crippen LogP contribution in [0.4, 0.5) is 0 Å². The Morgan fingerprint density at radius 2 is 1.89 bits per heavy atom. The van der Waals surface area contributed by atoms with Gasteiger partial charge in [-0.3, -0.25) is 11.3 Å². The van der Waals surface area contributed by atoms with Crippen LogP contribution in [0.2, 0.25) is 0 Å². The number of ether oxygens (including phenoxy) is 2. The minimum atomic E-state index is 0.212. The molecule has 0 aliphatic heterocycles. The van der Waals surface area contributed by atoms with E-state index in [0.29, 0.717) is 19.1 Å². The van der Waals surface area contributed by atoms with E-state index in [0.717, 1.165) is 11.5 Å². The average molecular weight is 264 g/mol. The van der Waals surface area contributed by atoms with Crippen molar-refractivity contribution in [3.05, 3.63) is 23.8 Å². The lowest BCUT2D eigenvalue weighted by Crippen LogP contribution is -2.36. The third-order valence-corrected chi connectivity index (χ3v) is 3.73. The van der Waals surface area contributed by atoms with Gasteiger partial charge < -0.3 is 9.47 Å². The van der Waals surface area contributed by atoms with Crippen LogP contribution >= 0.6 is 0 Å². The van der Waals surface area contributed by atoms with Crippen molar-refractivity contribution in [1.29, 1.82) is 0 Å². The molecule has 4 nitrogen and oxygen atoms in total. The Kier molecular flexibility index (Phi) is 5.05. The highest BCUT2D eigenvalue weighted by atomic mass is 16.5. The van der Waals surface area contributed by atoms with Crippen LogP contribution in [-0.2, 0) is 0 Å². The Balaban J connectivity index is 2.22. The van der Waals surface area contributed by atoms with Gasteiger partial charge in [-0.05, 0) is 50.3 Å². The van der Waals surface area contributed by atoms with Crippen LogP contribution < -0.4 is 20.7 Å². The summed E-state index contributed by atoms with van der Waals surface area (Å²) in [5.74, 6) is 7.96. The highest BCUT2D eigenvalue weighted by molar-refractivity contribution is 5.44.